The lowest BCUT2D eigenvalue weighted by Crippen LogP contribution is -2.39. The van der Waals surface area contributed by atoms with Gasteiger partial charge in [0.15, 0.2) is 5.96 Å². The minimum absolute atomic E-state index is 0. The molecule has 0 aliphatic heterocycles. The number of ether oxygens (including phenoxy) is 1. The quantitative estimate of drug-likeness (QED) is 0.410. The van der Waals surface area contributed by atoms with E-state index in [-0.39, 0.29) is 24.0 Å². The van der Waals surface area contributed by atoms with Crippen LogP contribution in [-0.4, -0.2) is 43.8 Å². The first-order valence-electron chi connectivity index (χ1n) is 8.02. The van der Waals surface area contributed by atoms with Crippen molar-refractivity contribution in [3.63, 3.8) is 0 Å². The summed E-state index contributed by atoms with van der Waals surface area (Å²) in [6, 6.07) is 8.02. The highest BCUT2D eigenvalue weighted by molar-refractivity contribution is 14.0. The Morgan fingerprint density at radius 2 is 2.04 bits per heavy atom. The number of guanidine groups is 1. The van der Waals surface area contributed by atoms with E-state index in [0.717, 1.165) is 53.8 Å². The standard InChI is InChI=1S/C18H26N4O2.HI/c1-13-16(14(2)24-21-13)10-11-20-18(19-3)22(4)12-15-8-6-7-9-17(15)23-5;/h6-9H,10-12H2,1-5H3,(H,19,20);1H. The van der Waals surface area contributed by atoms with Crippen molar-refractivity contribution in [1.82, 2.24) is 15.4 Å². The van der Waals surface area contributed by atoms with Gasteiger partial charge in [-0.15, -0.1) is 24.0 Å². The van der Waals surface area contributed by atoms with Crippen molar-refractivity contribution in [3.8, 4) is 5.75 Å². The van der Waals surface area contributed by atoms with E-state index in [1.807, 2.05) is 39.1 Å². The Bertz CT molecular complexity index is 681. The second kappa shape index (κ2) is 10.3. The number of aryl methyl sites for hydroxylation is 2. The molecule has 2 aromatic rings. The summed E-state index contributed by atoms with van der Waals surface area (Å²) in [7, 11) is 5.49. The third kappa shape index (κ3) is 5.62. The molecular weight excluding hydrogens is 431 g/mol. The van der Waals surface area contributed by atoms with Gasteiger partial charge in [0, 0.05) is 38.3 Å². The Kier molecular flexibility index (Phi) is 8.74. The lowest BCUT2D eigenvalue weighted by Gasteiger charge is -2.23. The van der Waals surface area contributed by atoms with E-state index in [1.165, 1.54) is 0 Å². The van der Waals surface area contributed by atoms with Crippen molar-refractivity contribution in [3.05, 3.63) is 46.8 Å². The number of halogens is 1. The van der Waals surface area contributed by atoms with Gasteiger partial charge in [0.25, 0.3) is 0 Å². The van der Waals surface area contributed by atoms with E-state index in [9.17, 15) is 0 Å². The van der Waals surface area contributed by atoms with Gasteiger partial charge in [0.1, 0.15) is 11.5 Å². The number of nitrogens with one attached hydrogen (secondary N) is 1. The fourth-order valence-corrected chi connectivity index (χ4v) is 2.71. The van der Waals surface area contributed by atoms with Gasteiger partial charge in [-0.05, 0) is 26.3 Å². The van der Waals surface area contributed by atoms with Crippen LogP contribution in [0.1, 0.15) is 22.6 Å². The average molecular weight is 458 g/mol. The lowest BCUT2D eigenvalue weighted by molar-refractivity contribution is 0.392. The van der Waals surface area contributed by atoms with Crippen LogP contribution in [0.5, 0.6) is 5.75 Å². The molecule has 1 aromatic heterocycles. The summed E-state index contributed by atoms with van der Waals surface area (Å²) in [6.45, 7) is 5.40. The number of benzene rings is 1. The highest BCUT2D eigenvalue weighted by atomic mass is 127. The molecule has 0 radical (unpaired) electrons. The number of aliphatic imine (C=N–C) groups is 1. The first-order valence-corrected chi connectivity index (χ1v) is 8.02. The van der Waals surface area contributed by atoms with Gasteiger partial charge in [-0.25, -0.2) is 0 Å². The lowest BCUT2D eigenvalue weighted by atomic mass is 10.1. The van der Waals surface area contributed by atoms with E-state index >= 15 is 0 Å². The fraction of sp³-hybridized carbons (Fsp3) is 0.444. The topological polar surface area (TPSA) is 62.9 Å². The van der Waals surface area contributed by atoms with E-state index in [0.29, 0.717) is 0 Å². The van der Waals surface area contributed by atoms with E-state index in [1.54, 1.807) is 14.2 Å². The molecule has 1 heterocycles. The van der Waals surface area contributed by atoms with Gasteiger partial charge >= 0.3 is 0 Å². The summed E-state index contributed by atoms with van der Waals surface area (Å²) in [6.07, 6.45) is 0.850. The fourth-order valence-electron chi connectivity index (χ4n) is 2.71. The number of para-hydroxylation sites is 1. The molecule has 0 aliphatic carbocycles. The third-order valence-corrected chi connectivity index (χ3v) is 4.01. The van der Waals surface area contributed by atoms with Crippen molar-refractivity contribution in [2.75, 3.05) is 27.7 Å². The Labute approximate surface area is 166 Å². The molecule has 1 aromatic carbocycles. The Balaban J connectivity index is 0.00000312. The zero-order valence-corrected chi connectivity index (χ0v) is 17.8. The van der Waals surface area contributed by atoms with Crippen LogP contribution in [0.3, 0.4) is 0 Å². The number of hydrogen-bond donors (Lipinski definition) is 1. The van der Waals surface area contributed by atoms with Gasteiger partial charge in [-0.3, -0.25) is 4.99 Å². The normalized spacial score (nSPS) is 11.0. The average Bonchev–Trinajstić information content (AvgIpc) is 2.90. The van der Waals surface area contributed by atoms with Gasteiger partial charge in [-0.1, -0.05) is 23.4 Å². The molecule has 0 saturated heterocycles. The molecule has 0 unspecified atom stereocenters. The largest absolute Gasteiger partial charge is 0.496 e. The molecular formula is C18H27IN4O2. The van der Waals surface area contributed by atoms with E-state index in [4.69, 9.17) is 9.26 Å². The predicted octanol–water partition coefficient (Wildman–Crippen LogP) is 3.17. The van der Waals surface area contributed by atoms with Crippen LogP contribution in [-0.2, 0) is 13.0 Å². The van der Waals surface area contributed by atoms with Crippen LogP contribution in [0.4, 0.5) is 0 Å². The molecule has 0 spiro atoms. The smallest absolute Gasteiger partial charge is 0.193 e. The van der Waals surface area contributed by atoms with Crippen LogP contribution in [0, 0.1) is 13.8 Å². The molecule has 0 bridgehead atoms. The van der Waals surface area contributed by atoms with Crippen molar-refractivity contribution >= 4 is 29.9 Å². The van der Waals surface area contributed by atoms with Crippen LogP contribution in [0.15, 0.2) is 33.8 Å². The molecule has 7 heteroatoms. The number of rotatable bonds is 6. The van der Waals surface area contributed by atoms with Crippen molar-refractivity contribution in [1.29, 1.82) is 0 Å². The van der Waals surface area contributed by atoms with Crippen molar-refractivity contribution in [2.45, 2.75) is 26.8 Å². The predicted molar refractivity (Wildman–Crippen MR) is 111 cm³/mol. The van der Waals surface area contributed by atoms with Crippen LogP contribution in [0.2, 0.25) is 0 Å². The van der Waals surface area contributed by atoms with E-state index in [2.05, 4.69) is 26.4 Å². The molecule has 1 N–H and O–H groups in total. The van der Waals surface area contributed by atoms with Crippen molar-refractivity contribution in [2.24, 2.45) is 4.99 Å². The summed E-state index contributed by atoms with van der Waals surface area (Å²) < 4.78 is 10.6. The third-order valence-electron chi connectivity index (χ3n) is 4.01. The number of methoxy groups -OCH3 is 1. The second-order valence-corrected chi connectivity index (χ2v) is 5.69. The maximum atomic E-state index is 5.41. The summed E-state index contributed by atoms with van der Waals surface area (Å²) in [5, 5.41) is 7.37. The minimum atomic E-state index is 0. The second-order valence-electron chi connectivity index (χ2n) is 5.69. The SMILES string of the molecule is CN=C(NCCc1c(C)noc1C)N(C)Cc1ccccc1OC.I. The Morgan fingerprint density at radius 1 is 1.32 bits per heavy atom. The van der Waals surface area contributed by atoms with Gasteiger partial charge in [0.05, 0.1) is 12.8 Å². The van der Waals surface area contributed by atoms with Gasteiger partial charge < -0.3 is 19.5 Å². The van der Waals surface area contributed by atoms with Crippen LogP contribution >= 0.6 is 24.0 Å². The maximum Gasteiger partial charge on any atom is 0.193 e. The molecule has 0 fully saturated rings. The van der Waals surface area contributed by atoms with Gasteiger partial charge in [-0.2, -0.15) is 0 Å². The molecule has 6 nitrogen and oxygen atoms in total. The van der Waals surface area contributed by atoms with Crippen LogP contribution in [0.25, 0.3) is 0 Å². The monoisotopic (exact) mass is 458 g/mol. The molecule has 0 aliphatic rings. The molecule has 0 amide bonds. The number of hydrogen-bond acceptors (Lipinski definition) is 4. The zero-order chi connectivity index (χ0) is 17.5. The van der Waals surface area contributed by atoms with Gasteiger partial charge in [0.2, 0.25) is 0 Å². The molecule has 0 atom stereocenters. The summed E-state index contributed by atoms with van der Waals surface area (Å²) in [5.41, 5.74) is 3.23. The summed E-state index contributed by atoms with van der Waals surface area (Å²) in [5.74, 6) is 2.61. The first-order chi connectivity index (χ1) is 11.6. The van der Waals surface area contributed by atoms with E-state index < -0.39 is 0 Å². The molecule has 0 saturated carbocycles. The number of nitrogens with zero attached hydrogens (tertiary/aromatic N) is 3. The van der Waals surface area contributed by atoms with Crippen LogP contribution < -0.4 is 10.1 Å². The maximum absolute atomic E-state index is 5.41. The Morgan fingerprint density at radius 3 is 2.64 bits per heavy atom. The summed E-state index contributed by atoms with van der Waals surface area (Å²) in [4.78, 5) is 6.43. The zero-order valence-electron chi connectivity index (χ0n) is 15.5. The molecule has 138 valence electrons. The highest BCUT2D eigenvalue weighted by Gasteiger charge is 2.12. The molecule has 25 heavy (non-hydrogen) atoms. The Hall–Kier alpha value is -1.77. The first kappa shape index (κ1) is 21.3. The minimum Gasteiger partial charge on any atom is -0.496 e. The summed E-state index contributed by atoms with van der Waals surface area (Å²) >= 11 is 0. The van der Waals surface area contributed by atoms with Crippen molar-refractivity contribution < 1.29 is 9.26 Å². The number of aromatic nitrogens is 1. The highest BCUT2D eigenvalue weighted by Crippen LogP contribution is 2.18. The molecule has 2 rings (SSSR count).